The van der Waals surface area contributed by atoms with Gasteiger partial charge >= 0.3 is 0 Å². The number of pyridine rings is 1. The Morgan fingerprint density at radius 1 is 1.12 bits per heavy atom. The minimum absolute atomic E-state index is 0.235. The molecule has 1 amide bonds. The van der Waals surface area contributed by atoms with Gasteiger partial charge < -0.3 is 5.32 Å². The van der Waals surface area contributed by atoms with Crippen LogP contribution in [0.2, 0.25) is 0 Å². The molecule has 0 bridgehead atoms. The van der Waals surface area contributed by atoms with Crippen molar-refractivity contribution in [2.75, 3.05) is 5.32 Å². The maximum Gasteiger partial charge on any atom is 0.274 e. The van der Waals surface area contributed by atoms with E-state index >= 15 is 0 Å². The van der Waals surface area contributed by atoms with Crippen molar-refractivity contribution in [1.29, 1.82) is 0 Å². The highest BCUT2D eigenvalue weighted by atomic mass is 32.2. The Labute approximate surface area is 145 Å². The number of anilines is 1. The third-order valence-corrected chi connectivity index (χ3v) is 6.15. The van der Waals surface area contributed by atoms with Gasteiger partial charge in [0.25, 0.3) is 5.91 Å². The maximum absolute atomic E-state index is 12.5. The highest BCUT2D eigenvalue weighted by Crippen LogP contribution is 2.24. The molecule has 5 heteroatoms. The van der Waals surface area contributed by atoms with E-state index in [2.05, 4.69) is 10.3 Å². The molecular formula is C19H22N2O2S. The molecule has 24 heavy (non-hydrogen) atoms. The Morgan fingerprint density at radius 3 is 2.71 bits per heavy atom. The lowest BCUT2D eigenvalue weighted by Crippen LogP contribution is -2.20. The minimum Gasteiger partial charge on any atom is -0.321 e. The molecular weight excluding hydrogens is 320 g/mol. The third-order valence-electron chi connectivity index (χ3n) is 4.32. The van der Waals surface area contributed by atoms with Crippen LogP contribution in [0.15, 0.2) is 48.7 Å². The molecule has 2 aromatic rings. The van der Waals surface area contributed by atoms with E-state index in [1.54, 1.807) is 24.4 Å². The topological polar surface area (TPSA) is 59.1 Å². The zero-order valence-corrected chi connectivity index (χ0v) is 14.4. The number of nitrogens with one attached hydrogen (secondary N) is 1. The summed E-state index contributed by atoms with van der Waals surface area (Å²) in [6, 6.07) is 12.8. The van der Waals surface area contributed by atoms with Crippen LogP contribution in [0, 0.1) is 0 Å². The predicted octanol–water partition coefficient (Wildman–Crippen LogP) is 3.92. The number of nitrogens with zero attached hydrogens (tertiary/aromatic N) is 1. The summed E-state index contributed by atoms with van der Waals surface area (Å²) >= 11 is 0. The van der Waals surface area contributed by atoms with Crippen molar-refractivity contribution in [3.05, 3.63) is 59.9 Å². The van der Waals surface area contributed by atoms with Gasteiger partial charge in [-0.05, 0) is 42.7 Å². The molecule has 1 aromatic heterocycles. The molecule has 0 radical (unpaired) electrons. The Morgan fingerprint density at radius 2 is 1.96 bits per heavy atom. The van der Waals surface area contributed by atoms with Crippen molar-refractivity contribution < 1.29 is 9.00 Å². The lowest BCUT2D eigenvalue weighted by atomic mass is 10.0. The van der Waals surface area contributed by atoms with Gasteiger partial charge in [0, 0.05) is 33.7 Å². The van der Waals surface area contributed by atoms with Crippen LogP contribution in [0.3, 0.4) is 0 Å². The summed E-state index contributed by atoms with van der Waals surface area (Å²) in [6.45, 7) is 0. The molecule has 1 atom stereocenters. The van der Waals surface area contributed by atoms with Gasteiger partial charge in [0.1, 0.15) is 5.69 Å². The molecule has 0 saturated heterocycles. The standard InChI is InChI=1S/C19H22N2O2S/c22-19(18-11-4-5-12-20-18)21-16-8-6-7-15(13-16)14-24(23)17-9-2-1-3-10-17/h4-8,11-13,17H,1-3,9-10,14H2,(H,21,22)/t24-/m0/s1. The fourth-order valence-electron chi connectivity index (χ4n) is 3.04. The summed E-state index contributed by atoms with van der Waals surface area (Å²) in [7, 11) is -0.839. The monoisotopic (exact) mass is 342 g/mol. The number of hydrogen-bond donors (Lipinski definition) is 1. The Balaban J connectivity index is 1.63. The summed E-state index contributed by atoms with van der Waals surface area (Å²) in [5.74, 6) is 0.318. The normalized spacial score (nSPS) is 16.5. The SMILES string of the molecule is O=C(Nc1cccc(C[S@](=O)C2CCCCC2)c1)c1ccccn1. The third kappa shape index (κ3) is 4.51. The van der Waals surface area contributed by atoms with Crippen LogP contribution < -0.4 is 5.32 Å². The van der Waals surface area contributed by atoms with E-state index in [1.807, 2.05) is 24.3 Å². The maximum atomic E-state index is 12.5. The molecule has 1 aromatic carbocycles. The summed E-state index contributed by atoms with van der Waals surface area (Å²) in [4.78, 5) is 16.2. The lowest BCUT2D eigenvalue weighted by molar-refractivity contribution is 0.102. The van der Waals surface area contributed by atoms with Gasteiger partial charge in [-0.25, -0.2) is 0 Å². The summed E-state index contributed by atoms with van der Waals surface area (Å²) in [5.41, 5.74) is 2.09. The van der Waals surface area contributed by atoms with E-state index in [1.165, 1.54) is 19.3 Å². The molecule has 1 aliphatic rings. The number of hydrogen-bond acceptors (Lipinski definition) is 3. The Kier molecular flexibility index (Phi) is 5.75. The second-order valence-electron chi connectivity index (χ2n) is 6.15. The number of aromatic nitrogens is 1. The first-order valence-corrected chi connectivity index (χ1v) is 9.79. The van der Waals surface area contributed by atoms with Crippen molar-refractivity contribution in [2.24, 2.45) is 0 Å². The first-order chi connectivity index (χ1) is 11.7. The van der Waals surface area contributed by atoms with Crippen LogP contribution >= 0.6 is 0 Å². The van der Waals surface area contributed by atoms with Gasteiger partial charge in [0.15, 0.2) is 0 Å². The molecule has 1 fully saturated rings. The molecule has 126 valence electrons. The molecule has 0 unspecified atom stereocenters. The van der Waals surface area contributed by atoms with Crippen LogP contribution in [-0.2, 0) is 16.6 Å². The zero-order chi connectivity index (χ0) is 16.8. The summed E-state index contributed by atoms with van der Waals surface area (Å²) in [6.07, 6.45) is 7.39. The largest absolute Gasteiger partial charge is 0.321 e. The van der Waals surface area contributed by atoms with Crippen LogP contribution in [0.5, 0.6) is 0 Å². The van der Waals surface area contributed by atoms with Gasteiger partial charge in [0.05, 0.1) is 0 Å². The molecule has 0 aliphatic heterocycles. The number of rotatable bonds is 5. The molecule has 1 heterocycles. The summed E-state index contributed by atoms with van der Waals surface area (Å²) < 4.78 is 12.5. The minimum atomic E-state index is -0.839. The second kappa shape index (κ2) is 8.20. The van der Waals surface area contributed by atoms with Gasteiger partial charge in [-0.15, -0.1) is 0 Å². The molecule has 1 aliphatic carbocycles. The van der Waals surface area contributed by atoms with Crippen molar-refractivity contribution in [1.82, 2.24) is 4.98 Å². The fraction of sp³-hybridized carbons (Fsp3) is 0.368. The van der Waals surface area contributed by atoms with Gasteiger partial charge in [0.2, 0.25) is 0 Å². The van der Waals surface area contributed by atoms with E-state index in [0.29, 0.717) is 22.4 Å². The summed E-state index contributed by atoms with van der Waals surface area (Å²) in [5, 5.41) is 3.18. The Hall–Kier alpha value is -2.01. The van der Waals surface area contributed by atoms with E-state index < -0.39 is 10.8 Å². The Bertz CT molecular complexity index is 712. The molecule has 1 saturated carbocycles. The van der Waals surface area contributed by atoms with Crippen LogP contribution in [0.4, 0.5) is 5.69 Å². The first kappa shape index (κ1) is 16.8. The second-order valence-corrected chi connectivity index (χ2v) is 7.87. The lowest BCUT2D eigenvalue weighted by Gasteiger charge is -2.21. The quantitative estimate of drug-likeness (QED) is 0.896. The highest BCUT2D eigenvalue weighted by Gasteiger charge is 2.20. The predicted molar refractivity (Wildman–Crippen MR) is 97.4 cm³/mol. The fourth-order valence-corrected chi connectivity index (χ4v) is 4.64. The molecule has 0 spiro atoms. The molecule has 1 N–H and O–H groups in total. The van der Waals surface area contributed by atoms with Gasteiger partial charge in [-0.1, -0.05) is 37.5 Å². The average Bonchev–Trinajstić information content (AvgIpc) is 2.63. The van der Waals surface area contributed by atoms with Gasteiger partial charge in [-0.3, -0.25) is 14.0 Å². The van der Waals surface area contributed by atoms with E-state index in [0.717, 1.165) is 18.4 Å². The van der Waals surface area contributed by atoms with Crippen LogP contribution in [0.25, 0.3) is 0 Å². The van der Waals surface area contributed by atoms with Crippen LogP contribution in [0.1, 0.15) is 48.2 Å². The van der Waals surface area contributed by atoms with Crippen molar-refractivity contribution in [3.63, 3.8) is 0 Å². The smallest absolute Gasteiger partial charge is 0.274 e. The number of carbonyl (C=O) groups is 1. The zero-order valence-electron chi connectivity index (χ0n) is 13.6. The number of amides is 1. The molecule has 3 rings (SSSR count). The average molecular weight is 342 g/mol. The number of carbonyl (C=O) groups excluding carboxylic acids is 1. The van der Waals surface area contributed by atoms with Crippen LogP contribution in [-0.4, -0.2) is 20.3 Å². The van der Waals surface area contributed by atoms with Gasteiger partial charge in [-0.2, -0.15) is 0 Å². The van der Waals surface area contributed by atoms with Crippen molar-refractivity contribution >= 4 is 22.4 Å². The highest BCUT2D eigenvalue weighted by molar-refractivity contribution is 7.84. The van der Waals surface area contributed by atoms with Crippen molar-refractivity contribution in [2.45, 2.75) is 43.1 Å². The van der Waals surface area contributed by atoms with E-state index in [9.17, 15) is 9.00 Å². The van der Waals surface area contributed by atoms with Crippen molar-refractivity contribution in [3.8, 4) is 0 Å². The van der Waals surface area contributed by atoms with E-state index in [-0.39, 0.29) is 5.91 Å². The molecule has 4 nitrogen and oxygen atoms in total. The first-order valence-electron chi connectivity index (χ1n) is 8.41. The number of benzene rings is 1. The van der Waals surface area contributed by atoms with E-state index in [4.69, 9.17) is 0 Å².